The molecule has 2 aromatic carbocycles. The maximum Gasteiger partial charge on any atom is 0.161 e. The van der Waals surface area contributed by atoms with Crippen molar-refractivity contribution in [2.45, 2.75) is 24.5 Å². The molecule has 0 aliphatic heterocycles. The summed E-state index contributed by atoms with van der Waals surface area (Å²) in [5.74, 6) is -0.0921. The molecule has 0 fully saturated rings. The van der Waals surface area contributed by atoms with Gasteiger partial charge in [0.2, 0.25) is 0 Å². The predicted molar refractivity (Wildman–Crippen MR) is 117 cm³/mol. The lowest BCUT2D eigenvalue weighted by Crippen LogP contribution is -2.28. The third-order valence-corrected chi connectivity index (χ3v) is 7.71. The molecule has 0 saturated heterocycles. The lowest BCUT2D eigenvalue weighted by molar-refractivity contribution is -0.120. The Morgan fingerprint density at radius 3 is 2.44 bits per heavy atom. The molecule has 0 aliphatic rings. The number of Topliss-reactive ketones (excluding diaryl/α,β-unsaturated/α-hetero) is 1. The van der Waals surface area contributed by atoms with E-state index in [0.29, 0.717) is 6.42 Å². The molecule has 3 nitrogen and oxygen atoms in total. The predicted octanol–water partition coefficient (Wildman–Crippen LogP) is 4.50. The van der Waals surface area contributed by atoms with Crippen LogP contribution in [0.5, 0.6) is 0 Å². The Balaban J connectivity index is 1.89. The van der Waals surface area contributed by atoms with E-state index in [1.807, 2.05) is 31.4 Å². The molecule has 0 N–H and O–H groups in total. The normalized spacial score (nSPS) is 14.8. The minimum absolute atomic E-state index is 0.0724. The number of aromatic nitrogens is 1. The van der Waals surface area contributed by atoms with Crippen molar-refractivity contribution in [3.63, 3.8) is 0 Å². The summed E-state index contributed by atoms with van der Waals surface area (Å²) in [5.41, 5.74) is 3.60. The summed E-state index contributed by atoms with van der Waals surface area (Å²) in [6.45, 7) is 2.75. The summed E-state index contributed by atoms with van der Waals surface area (Å²) >= 11 is 1.38. The largest absolute Gasteiger partial charge is 0.343 e. The van der Waals surface area contributed by atoms with Crippen molar-refractivity contribution < 1.29 is 9.00 Å². The van der Waals surface area contributed by atoms with E-state index in [9.17, 15) is 9.00 Å². The Morgan fingerprint density at radius 1 is 1.11 bits per heavy atom. The molecule has 1 aromatic heterocycles. The zero-order chi connectivity index (χ0) is 19.4. The van der Waals surface area contributed by atoms with Gasteiger partial charge in [0.15, 0.2) is 5.78 Å². The van der Waals surface area contributed by atoms with Crippen LogP contribution in [0.15, 0.2) is 60.8 Å². The van der Waals surface area contributed by atoms with Crippen LogP contribution in [-0.2, 0) is 28.6 Å². The van der Waals surface area contributed by atoms with Crippen LogP contribution in [0.1, 0.15) is 18.1 Å². The first kappa shape index (κ1) is 19.9. The summed E-state index contributed by atoms with van der Waals surface area (Å²) in [6, 6.07) is 18.7. The second-order valence-corrected chi connectivity index (χ2v) is 9.57. The van der Waals surface area contributed by atoms with Crippen LogP contribution in [0.3, 0.4) is 0 Å². The number of benzene rings is 2. The molecule has 0 spiro atoms. The minimum Gasteiger partial charge on any atom is -0.343 e. The maximum absolute atomic E-state index is 12.7. The molecule has 1 heterocycles. The summed E-state index contributed by atoms with van der Waals surface area (Å²) < 4.78 is 13.7. The van der Waals surface area contributed by atoms with Crippen molar-refractivity contribution >= 4 is 39.2 Å². The summed E-state index contributed by atoms with van der Waals surface area (Å²) in [4.78, 5) is 12.7. The fraction of sp³-hybridized carbons (Fsp3) is 0.318. The Hall–Kier alpha value is -1.85. The van der Waals surface area contributed by atoms with Gasteiger partial charge < -0.3 is 4.57 Å². The van der Waals surface area contributed by atoms with E-state index in [1.165, 1.54) is 33.8 Å². The monoisotopic (exact) mass is 399 g/mol. The number of rotatable bonds is 8. The molecule has 0 radical (unpaired) electrons. The summed E-state index contributed by atoms with van der Waals surface area (Å²) in [6.07, 6.45) is 6.29. The highest BCUT2D eigenvalue weighted by molar-refractivity contribution is 8.11. The first-order valence-corrected chi connectivity index (χ1v) is 11.9. The van der Waals surface area contributed by atoms with Gasteiger partial charge in [0, 0.05) is 46.6 Å². The fourth-order valence-corrected chi connectivity index (χ4v) is 5.58. The van der Waals surface area contributed by atoms with E-state index in [0.717, 1.165) is 6.54 Å². The molecule has 0 amide bonds. The first-order valence-electron chi connectivity index (χ1n) is 9.00. The smallest absolute Gasteiger partial charge is 0.161 e. The van der Waals surface area contributed by atoms with E-state index in [-0.39, 0.29) is 11.7 Å². The topological polar surface area (TPSA) is 39.1 Å². The van der Waals surface area contributed by atoms with Crippen LogP contribution in [0.4, 0.5) is 0 Å². The number of hydrogen-bond donors (Lipinski definition) is 0. The number of carbonyl (C=O) groups excluding carboxylic acids is 1. The maximum atomic E-state index is 12.7. The number of nitrogens with zero attached hydrogens (tertiary/aromatic N) is 1. The third-order valence-electron chi connectivity index (χ3n) is 4.83. The van der Waals surface area contributed by atoms with Gasteiger partial charge in [0.25, 0.3) is 0 Å². The number of ketones is 1. The zero-order valence-corrected chi connectivity index (χ0v) is 17.6. The van der Waals surface area contributed by atoms with Gasteiger partial charge in [-0.05, 0) is 29.9 Å². The zero-order valence-electron chi connectivity index (χ0n) is 15.9. The lowest BCUT2D eigenvalue weighted by Gasteiger charge is -2.16. The Labute approximate surface area is 167 Å². The molecule has 0 saturated carbocycles. The van der Waals surface area contributed by atoms with Crippen molar-refractivity contribution in [1.29, 1.82) is 0 Å². The number of hydrogen-bond acceptors (Lipinski definition) is 3. The minimum atomic E-state index is -1.15. The van der Waals surface area contributed by atoms with Crippen molar-refractivity contribution in [3.8, 4) is 0 Å². The average molecular weight is 400 g/mol. The van der Waals surface area contributed by atoms with E-state index < -0.39 is 15.4 Å². The molecule has 0 bridgehead atoms. The lowest BCUT2D eigenvalue weighted by atomic mass is 9.97. The Bertz CT molecular complexity index is 949. The van der Waals surface area contributed by atoms with Gasteiger partial charge in [-0.3, -0.25) is 9.00 Å². The highest BCUT2D eigenvalue weighted by Crippen LogP contribution is 2.26. The molecule has 3 atom stereocenters. The quantitative estimate of drug-likeness (QED) is 0.560. The highest BCUT2D eigenvalue weighted by atomic mass is 32.2. The summed E-state index contributed by atoms with van der Waals surface area (Å²) in [5, 5.41) is 1.19. The highest BCUT2D eigenvalue weighted by Gasteiger charge is 2.27. The van der Waals surface area contributed by atoms with Crippen LogP contribution >= 0.6 is 11.8 Å². The van der Waals surface area contributed by atoms with Crippen LogP contribution in [-0.4, -0.2) is 31.7 Å². The molecule has 3 unspecified atom stereocenters. The number of thioether (sulfide) groups is 1. The van der Waals surface area contributed by atoms with Crippen LogP contribution in [0, 0.1) is 5.92 Å². The second kappa shape index (κ2) is 8.89. The molecule has 142 valence electrons. The average Bonchev–Trinajstić information content (AvgIpc) is 3.00. The van der Waals surface area contributed by atoms with Crippen molar-refractivity contribution in [3.05, 3.63) is 71.9 Å². The Kier molecular flexibility index (Phi) is 6.55. The molecule has 5 heteroatoms. The molecule has 3 rings (SSSR count). The van der Waals surface area contributed by atoms with Gasteiger partial charge in [-0.15, -0.1) is 11.8 Å². The number of fused-ring (bicyclic) bond motifs is 1. The van der Waals surface area contributed by atoms with Crippen LogP contribution in [0.2, 0.25) is 0 Å². The van der Waals surface area contributed by atoms with E-state index in [1.54, 1.807) is 6.26 Å². The number of para-hydroxylation sites is 1. The van der Waals surface area contributed by atoms with E-state index >= 15 is 0 Å². The van der Waals surface area contributed by atoms with Crippen LogP contribution in [0.25, 0.3) is 10.9 Å². The molecule has 3 aromatic rings. The van der Waals surface area contributed by atoms with Gasteiger partial charge in [0.1, 0.15) is 4.58 Å². The number of carbonyl (C=O) groups is 1. The first-order chi connectivity index (χ1) is 13.0. The fourth-order valence-electron chi connectivity index (χ4n) is 3.47. The van der Waals surface area contributed by atoms with Gasteiger partial charge in [0.05, 0.1) is 0 Å². The second-order valence-electron chi connectivity index (χ2n) is 6.86. The Morgan fingerprint density at radius 2 is 1.78 bits per heavy atom. The van der Waals surface area contributed by atoms with E-state index in [2.05, 4.69) is 47.2 Å². The molecule has 0 aliphatic carbocycles. The SMILES string of the molecule is CSC(C(=O)C(C)Cc1cn(Cc2ccccc2)c2ccccc12)S(C)=O. The van der Waals surface area contributed by atoms with Gasteiger partial charge in [-0.2, -0.15) is 0 Å². The standard InChI is InChI=1S/C22H25NO2S2/c1-16(21(24)22(26-2)27(3)25)13-18-15-23(14-17-9-5-4-6-10-17)20-12-8-7-11-19(18)20/h4-12,15-16,22H,13-14H2,1-3H3. The van der Waals surface area contributed by atoms with Gasteiger partial charge in [-0.25, -0.2) is 0 Å². The van der Waals surface area contributed by atoms with Crippen molar-refractivity contribution in [2.24, 2.45) is 5.92 Å². The van der Waals surface area contributed by atoms with E-state index in [4.69, 9.17) is 0 Å². The third kappa shape index (κ3) is 4.53. The summed E-state index contributed by atoms with van der Waals surface area (Å²) in [7, 11) is -1.15. The van der Waals surface area contributed by atoms with Crippen molar-refractivity contribution in [1.82, 2.24) is 4.57 Å². The van der Waals surface area contributed by atoms with Gasteiger partial charge in [-0.1, -0.05) is 55.5 Å². The van der Waals surface area contributed by atoms with Gasteiger partial charge >= 0.3 is 0 Å². The molecular weight excluding hydrogens is 374 g/mol. The van der Waals surface area contributed by atoms with Crippen molar-refractivity contribution in [2.75, 3.05) is 12.5 Å². The van der Waals surface area contributed by atoms with Crippen LogP contribution < -0.4 is 0 Å². The molecule has 27 heavy (non-hydrogen) atoms. The molecular formula is C22H25NO2S2.